The van der Waals surface area contributed by atoms with Gasteiger partial charge in [-0.3, -0.25) is 4.79 Å². The monoisotopic (exact) mass is 254 g/mol. The summed E-state index contributed by atoms with van der Waals surface area (Å²) in [7, 11) is 0. The van der Waals surface area contributed by atoms with Crippen molar-refractivity contribution in [2.75, 3.05) is 0 Å². The smallest absolute Gasteiger partial charge is 0.311 e. The van der Waals surface area contributed by atoms with Gasteiger partial charge in [-0.1, -0.05) is 30.3 Å². The Bertz CT molecular complexity index is 582. The van der Waals surface area contributed by atoms with Crippen LogP contribution in [0.2, 0.25) is 0 Å². The summed E-state index contributed by atoms with van der Waals surface area (Å²) in [6.07, 6.45) is 4.68. The summed E-state index contributed by atoms with van der Waals surface area (Å²) in [5.41, 5.74) is 1.04. The number of benzene rings is 1. The van der Waals surface area contributed by atoms with Gasteiger partial charge in [0.1, 0.15) is 11.5 Å². The fourth-order valence-electron chi connectivity index (χ4n) is 2.26. The number of allylic oxidation sites excluding steroid dienone is 1. The fraction of sp³-hybridized carbons (Fsp3) is 0.188. The Morgan fingerprint density at radius 2 is 2.00 bits per heavy atom. The van der Waals surface area contributed by atoms with E-state index in [9.17, 15) is 4.79 Å². The molecule has 1 atom stereocenters. The van der Waals surface area contributed by atoms with Crippen molar-refractivity contribution >= 4 is 12.0 Å². The van der Waals surface area contributed by atoms with E-state index >= 15 is 0 Å². The van der Waals surface area contributed by atoms with Crippen molar-refractivity contribution in [3.63, 3.8) is 0 Å². The predicted octanol–water partition coefficient (Wildman–Crippen LogP) is 3.43. The van der Waals surface area contributed by atoms with Crippen molar-refractivity contribution in [2.45, 2.75) is 12.8 Å². The van der Waals surface area contributed by atoms with Crippen molar-refractivity contribution in [2.24, 2.45) is 5.92 Å². The lowest BCUT2D eigenvalue weighted by atomic mass is 9.98. The highest BCUT2D eigenvalue weighted by atomic mass is 16.5. The van der Waals surface area contributed by atoms with Gasteiger partial charge in [-0.15, -0.1) is 0 Å². The number of carbonyl (C=O) groups excluding carboxylic acids is 1. The zero-order valence-electron chi connectivity index (χ0n) is 10.4. The molecule has 0 radical (unpaired) electrons. The van der Waals surface area contributed by atoms with Gasteiger partial charge in [-0.25, -0.2) is 0 Å². The van der Waals surface area contributed by atoms with Crippen molar-refractivity contribution < 1.29 is 13.9 Å². The van der Waals surface area contributed by atoms with E-state index < -0.39 is 0 Å². The van der Waals surface area contributed by atoms with Gasteiger partial charge in [0.25, 0.3) is 0 Å². The molecular formula is C16H14O3. The summed E-state index contributed by atoms with van der Waals surface area (Å²) >= 11 is 0. The Morgan fingerprint density at radius 1 is 1.16 bits per heavy atom. The van der Waals surface area contributed by atoms with Crippen LogP contribution < -0.4 is 0 Å². The maximum atomic E-state index is 11.5. The molecule has 0 bridgehead atoms. The minimum Gasteiger partial charge on any atom is -0.469 e. The largest absolute Gasteiger partial charge is 0.469 e. The number of hydrogen-bond acceptors (Lipinski definition) is 3. The molecule has 3 nitrogen and oxygen atoms in total. The average molecular weight is 254 g/mol. The van der Waals surface area contributed by atoms with E-state index in [4.69, 9.17) is 9.15 Å². The lowest BCUT2D eigenvalue weighted by Gasteiger charge is -2.07. The van der Waals surface area contributed by atoms with E-state index in [1.54, 1.807) is 6.26 Å². The molecule has 2 heterocycles. The van der Waals surface area contributed by atoms with E-state index in [0.29, 0.717) is 12.8 Å². The van der Waals surface area contributed by atoms with Gasteiger partial charge in [-0.05, 0) is 23.8 Å². The number of ether oxygens (including phenoxy) is 1. The predicted molar refractivity (Wildman–Crippen MR) is 71.0 cm³/mol. The third-order valence-electron chi connectivity index (χ3n) is 3.18. The molecule has 3 rings (SSSR count). The number of cyclic esters (lactones) is 1. The molecule has 1 fully saturated rings. The Hall–Kier alpha value is -2.29. The Balaban J connectivity index is 1.82. The summed E-state index contributed by atoms with van der Waals surface area (Å²) in [5, 5.41) is 0. The van der Waals surface area contributed by atoms with Gasteiger partial charge < -0.3 is 9.15 Å². The van der Waals surface area contributed by atoms with Crippen molar-refractivity contribution in [3.05, 3.63) is 65.8 Å². The third kappa shape index (κ3) is 2.76. The van der Waals surface area contributed by atoms with E-state index in [1.807, 2.05) is 48.5 Å². The second kappa shape index (κ2) is 5.14. The summed E-state index contributed by atoms with van der Waals surface area (Å²) in [4.78, 5) is 11.5. The minimum atomic E-state index is -0.168. The number of esters is 1. The van der Waals surface area contributed by atoms with E-state index in [1.165, 1.54) is 0 Å². The highest BCUT2D eigenvalue weighted by molar-refractivity contribution is 5.76. The van der Waals surface area contributed by atoms with Crippen molar-refractivity contribution in [1.82, 2.24) is 0 Å². The van der Waals surface area contributed by atoms with Gasteiger partial charge in [0.2, 0.25) is 0 Å². The molecule has 19 heavy (non-hydrogen) atoms. The minimum absolute atomic E-state index is 0.0684. The van der Waals surface area contributed by atoms with Crippen LogP contribution in [0.25, 0.3) is 6.08 Å². The normalized spacial score (nSPS) is 20.7. The second-order valence-electron chi connectivity index (χ2n) is 4.62. The Labute approximate surface area is 111 Å². The van der Waals surface area contributed by atoms with Gasteiger partial charge in [0.15, 0.2) is 0 Å². The molecule has 1 aromatic carbocycles. The van der Waals surface area contributed by atoms with Crippen LogP contribution in [0.15, 0.2) is 58.9 Å². The van der Waals surface area contributed by atoms with E-state index in [2.05, 4.69) is 0 Å². The highest BCUT2D eigenvalue weighted by Crippen LogP contribution is 2.30. The molecule has 1 aliphatic heterocycles. The number of hydrogen-bond donors (Lipinski definition) is 0. The molecule has 0 saturated carbocycles. The first kappa shape index (κ1) is 11.8. The van der Waals surface area contributed by atoms with Crippen molar-refractivity contribution in [1.29, 1.82) is 0 Å². The SMILES string of the molecule is O=C1CC(Cc2ccco2)/C(=C/c2ccccc2)O1. The van der Waals surface area contributed by atoms with E-state index in [-0.39, 0.29) is 11.9 Å². The molecule has 0 amide bonds. The molecule has 0 spiro atoms. The fourth-order valence-corrected chi connectivity index (χ4v) is 2.26. The molecule has 0 N–H and O–H groups in total. The van der Waals surface area contributed by atoms with Gasteiger partial charge in [-0.2, -0.15) is 0 Å². The first-order valence-electron chi connectivity index (χ1n) is 6.31. The molecule has 96 valence electrons. The van der Waals surface area contributed by atoms with Crippen LogP contribution in [0.4, 0.5) is 0 Å². The van der Waals surface area contributed by atoms with Gasteiger partial charge >= 0.3 is 5.97 Å². The molecular weight excluding hydrogens is 240 g/mol. The topological polar surface area (TPSA) is 39.4 Å². The van der Waals surface area contributed by atoms with Crippen LogP contribution in [0, 0.1) is 5.92 Å². The molecule has 2 aromatic rings. The quantitative estimate of drug-likeness (QED) is 0.788. The number of furan rings is 1. The van der Waals surface area contributed by atoms with Crippen LogP contribution in [0.5, 0.6) is 0 Å². The van der Waals surface area contributed by atoms with Crippen LogP contribution in [0.3, 0.4) is 0 Å². The maximum absolute atomic E-state index is 11.5. The van der Waals surface area contributed by atoms with E-state index in [0.717, 1.165) is 17.1 Å². The third-order valence-corrected chi connectivity index (χ3v) is 3.18. The average Bonchev–Trinajstić information content (AvgIpc) is 3.02. The zero-order valence-corrected chi connectivity index (χ0v) is 10.4. The summed E-state index contributed by atoms with van der Waals surface area (Å²) in [5.74, 6) is 1.51. The van der Waals surface area contributed by atoms with Gasteiger partial charge in [0, 0.05) is 12.3 Å². The summed E-state index contributed by atoms with van der Waals surface area (Å²) in [6.45, 7) is 0. The standard InChI is InChI=1S/C16H14O3/c17-16-11-13(10-14-7-4-8-18-14)15(19-16)9-12-5-2-1-3-6-12/h1-9,13H,10-11H2/b15-9-. The number of rotatable bonds is 3. The highest BCUT2D eigenvalue weighted by Gasteiger charge is 2.30. The van der Waals surface area contributed by atoms with Crippen LogP contribution in [0.1, 0.15) is 17.7 Å². The number of carbonyl (C=O) groups is 1. The lowest BCUT2D eigenvalue weighted by Crippen LogP contribution is -2.01. The summed E-state index contributed by atoms with van der Waals surface area (Å²) < 4.78 is 10.6. The Morgan fingerprint density at radius 3 is 2.74 bits per heavy atom. The van der Waals surface area contributed by atoms with Crippen LogP contribution in [-0.2, 0) is 16.0 Å². The first-order valence-corrected chi connectivity index (χ1v) is 6.31. The molecule has 1 unspecified atom stereocenters. The van der Waals surface area contributed by atoms with Gasteiger partial charge in [0.05, 0.1) is 12.7 Å². The zero-order chi connectivity index (χ0) is 13.1. The molecule has 1 aliphatic rings. The second-order valence-corrected chi connectivity index (χ2v) is 4.62. The lowest BCUT2D eigenvalue weighted by molar-refractivity contribution is -0.135. The summed E-state index contributed by atoms with van der Waals surface area (Å²) in [6, 6.07) is 13.6. The molecule has 1 saturated heterocycles. The maximum Gasteiger partial charge on any atom is 0.311 e. The molecule has 3 heteroatoms. The van der Waals surface area contributed by atoms with Crippen LogP contribution >= 0.6 is 0 Å². The molecule has 0 aliphatic carbocycles. The first-order chi connectivity index (χ1) is 9.31. The Kier molecular flexibility index (Phi) is 3.19. The van der Waals surface area contributed by atoms with Crippen molar-refractivity contribution in [3.8, 4) is 0 Å². The van der Waals surface area contributed by atoms with Crippen LogP contribution in [-0.4, -0.2) is 5.97 Å². The molecule has 1 aromatic heterocycles.